The Labute approximate surface area is 137 Å². The Morgan fingerprint density at radius 1 is 1.13 bits per heavy atom. The lowest BCUT2D eigenvalue weighted by Gasteiger charge is -2.27. The molecule has 5 nitrogen and oxygen atoms in total. The fourth-order valence-electron chi connectivity index (χ4n) is 2.90. The number of carbonyl (C=O) groups excluding carboxylic acids is 2. The summed E-state index contributed by atoms with van der Waals surface area (Å²) in [6, 6.07) is 8.16. The molecule has 0 bridgehead atoms. The normalized spacial score (nSPS) is 18.5. The van der Waals surface area contributed by atoms with E-state index in [4.69, 9.17) is 0 Å². The maximum atomic E-state index is 12.1. The molecule has 1 aliphatic rings. The molecule has 1 atom stereocenters. The van der Waals surface area contributed by atoms with Crippen LogP contribution in [-0.4, -0.2) is 35.1 Å². The lowest BCUT2D eigenvalue weighted by atomic mass is 9.94. The van der Waals surface area contributed by atoms with Crippen LogP contribution in [0.5, 0.6) is 0 Å². The fraction of sp³-hybridized carbons (Fsp3) is 0.556. The molecule has 0 saturated heterocycles. The average molecular weight is 318 g/mol. The van der Waals surface area contributed by atoms with E-state index in [-0.39, 0.29) is 18.4 Å². The van der Waals surface area contributed by atoms with E-state index in [1.165, 1.54) is 0 Å². The van der Waals surface area contributed by atoms with Crippen LogP contribution < -0.4 is 10.6 Å². The van der Waals surface area contributed by atoms with Crippen molar-refractivity contribution in [3.05, 3.63) is 35.9 Å². The van der Waals surface area contributed by atoms with E-state index in [0.29, 0.717) is 5.56 Å². The monoisotopic (exact) mass is 318 g/mol. The van der Waals surface area contributed by atoms with Crippen LogP contribution in [0.2, 0.25) is 0 Å². The molecule has 1 aromatic carbocycles. The Morgan fingerprint density at radius 3 is 2.35 bits per heavy atom. The number of carbonyl (C=O) groups is 2. The lowest BCUT2D eigenvalue weighted by Crippen LogP contribution is -2.49. The minimum Gasteiger partial charge on any atom is -0.388 e. The predicted octanol–water partition coefficient (Wildman–Crippen LogP) is 2.01. The van der Waals surface area contributed by atoms with E-state index in [2.05, 4.69) is 10.6 Å². The smallest absolute Gasteiger partial charge is 0.251 e. The molecule has 1 aliphatic carbocycles. The summed E-state index contributed by atoms with van der Waals surface area (Å²) < 4.78 is 0. The highest BCUT2D eigenvalue weighted by molar-refractivity contribution is 5.97. The second-order valence-corrected chi connectivity index (χ2v) is 6.42. The molecule has 2 rings (SSSR count). The quantitative estimate of drug-likeness (QED) is 0.727. The summed E-state index contributed by atoms with van der Waals surface area (Å²) >= 11 is 0. The van der Waals surface area contributed by atoms with Crippen molar-refractivity contribution in [1.29, 1.82) is 0 Å². The average Bonchev–Trinajstić information content (AvgIpc) is 2.78. The summed E-state index contributed by atoms with van der Waals surface area (Å²) in [5, 5.41) is 16.0. The minimum absolute atomic E-state index is 0.247. The van der Waals surface area contributed by atoms with Crippen LogP contribution in [0.3, 0.4) is 0 Å². The van der Waals surface area contributed by atoms with Crippen molar-refractivity contribution in [2.45, 2.75) is 57.1 Å². The van der Waals surface area contributed by atoms with Gasteiger partial charge in [-0.05, 0) is 31.9 Å². The number of rotatable bonds is 5. The zero-order valence-corrected chi connectivity index (χ0v) is 13.7. The fourth-order valence-corrected chi connectivity index (χ4v) is 2.90. The van der Waals surface area contributed by atoms with Gasteiger partial charge in [0.1, 0.15) is 6.04 Å². The summed E-state index contributed by atoms with van der Waals surface area (Å²) in [6.45, 7) is 1.89. The van der Waals surface area contributed by atoms with Gasteiger partial charge in [0.25, 0.3) is 5.91 Å². The van der Waals surface area contributed by atoms with Crippen LogP contribution in [0.1, 0.15) is 55.8 Å². The summed E-state index contributed by atoms with van der Waals surface area (Å²) in [7, 11) is 0. The van der Waals surface area contributed by atoms with E-state index >= 15 is 0 Å². The molecular formula is C18H26N2O3. The van der Waals surface area contributed by atoms with Crippen LogP contribution in [0.15, 0.2) is 30.3 Å². The second-order valence-electron chi connectivity index (χ2n) is 6.42. The van der Waals surface area contributed by atoms with E-state index in [1.54, 1.807) is 31.2 Å². The van der Waals surface area contributed by atoms with Gasteiger partial charge in [-0.1, -0.05) is 43.9 Å². The van der Waals surface area contributed by atoms with Gasteiger partial charge in [-0.25, -0.2) is 0 Å². The Balaban J connectivity index is 1.81. The largest absolute Gasteiger partial charge is 0.388 e. The standard InChI is InChI=1S/C18H26N2O3/c1-14(20-17(22)15-9-5-4-6-10-15)16(21)19-13-18(23)11-7-2-3-8-12-18/h4-6,9-10,14,23H,2-3,7-8,11-13H2,1H3,(H,19,21)(H,20,22)/t14-/m1/s1. The Hall–Kier alpha value is -1.88. The van der Waals surface area contributed by atoms with Crippen molar-refractivity contribution in [3.8, 4) is 0 Å². The highest BCUT2D eigenvalue weighted by Crippen LogP contribution is 2.26. The first kappa shape index (κ1) is 17.5. The van der Waals surface area contributed by atoms with Gasteiger partial charge in [-0.15, -0.1) is 0 Å². The van der Waals surface area contributed by atoms with Gasteiger partial charge in [0.2, 0.25) is 5.91 Å². The second kappa shape index (κ2) is 8.11. The molecule has 0 aliphatic heterocycles. The molecule has 2 amide bonds. The molecule has 0 spiro atoms. The third-order valence-corrected chi connectivity index (χ3v) is 4.40. The molecule has 1 saturated carbocycles. The van der Waals surface area contributed by atoms with E-state index in [1.807, 2.05) is 6.07 Å². The number of aliphatic hydroxyl groups is 1. The van der Waals surface area contributed by atoms with Crippen LogP contribution >= 0.6 is 0 Å². The molecule has 0 radical (unpaired) electrons. The predicted molar refractivity (Wildman–Crippen MR) is 89.0 cm³/mol. The Kier molecular flexibility index (Phi) is 6.16. The van der Waals surface area contributed by atoms with Gasteiger partial charge < -0.3 is 15.7 Å². The highest BCUT2D eigenvalue weighted by Gasteiger charge is 2.29. The summed E-state index contributed by atoms with van der Waals surface area (Å²) in [5.41, 5.74) is -0.287. The van der Waals surface area contributed by atoms with Crippen LogP contribution in [0.25, 0.3) is 0 Å². The third kappa shape index (κ3) is 5.36. The number of hydrogen-bond donors (Lipinski definition) is 3. The summed E-state index contributed by atoms with van der Waals surface area (Å²) in [4.78, 5) is 24.2. The Bertz CT molecular complexity index is 522. The summed E-state index contributed by atoms with van der Waals surface area (Å²) in [5.74, 6) is -0.548. The molecule has 1 aromatic rings. The van der Waals surface area contributed by atoms with E-state index in [9.17, 15) is 14.7 Å². The van der Waals surface area contributed by atoms with Gasteiger partial charge in [-0.3, -0.25) is 9.59 Å². The van der Waals surface area contributed by atoms with E-state index < -0.39 is 11.6 Å². The topological polar surface area (TPSA) is 78.4 Å². The number of benzene rings is 1. The molecule has 126 valence electrons. The molecule has 3 N–H and O–H groups in total. The van der Waals surface area contributed by atoms with Gasteiger partial charge in [0.15, 0.2) is 0 Å². The van der Waals surface area contributed by atoms with Gasteiger partial charge in [0.05, 0.1) is 5.60 Å². The van der Waals surface area contributed by atoms with Gasteiger partial charge in [-0.2, -0.15) is 0 Å². The zero-order chi connectivity index (χ0) is 16.7. The first-order valence-electron chi connectivity index (χ1n) is 8.36. The van der Waals surface area contributed by atoms with E-state index in [0.717, 1.165) is 38.5 Å². The highest BCUT2D eigenvalue weighted by atomic mass is 16.3. The number of hydrogen-bond acceptors (Lipinski definition) is 3. The first-order valence-corrected chi connectivity index (χ1v) is 8.36. The maximum absolute atomic E-state index is 12.1. The Morgan fingerprint density at radius 2 is 1.74 bits per heavy atom. The number of amides is 2. The summed E-state index contributed by atoms with van der Waals surface area (Å²) in [6.07, 6.45) is 5.70. The van der Waals surface area contributed by atoms with Crippen molar-refractivity contribution < 1.29 is 14.7 Å². The molecule has 0 aromatic heterocycles. The third-order valence-electron chi connectivity index (χ3n) is 4.40. The molecule has 0 unspecified atom stereocenters. The van der Waals surface area contributed by atoms with Gasteiger partial charge in [0, 0.05) is 12.1 Å². The maximum Gasteiger partial charge on any atom is 0.251 e. The van der Waals surface area contributed by atoms with Crippen LogP contribution in [0, 0.1) is 0 Å². The SMILES string of the molecule is C[C@@H](NC(=O)c1ccccc1)C(=O)NCC1(O)CCCCCC1. The first-order chi connectivity index (χ1) is 11.0. The zero-order valence-electron chi connectivity index (χ0n) is 13.7. The van der Waals surface area contributed by atoms with Crippen molar-refractivity contribution in [2.24, 2.45) is 0 Å². The van der Waals surface area contributed by atoms with Crippen LogP contribution in [-0.2, 0) is 4.79 Å². The molecule has 0 heterocycles. The van der Waals surface area contributed by atoms with Crippen LogP contribution in [0.4, 0.5) is 0 Å². The molecule has 5 heteroatoms. The van der Waals surface area contributed by atoms with Crippen molar-refractivity contribution in [1.82, 2.24) is 10.6 Å². The number of nitrogens with one attached hydrogen (secondary N) is 2. The molecular weight excluding hydrogens is 292 g/mol. The van der Waals surface area contributed by atoms with Crippen molar-refractivity contribution in [3.63, 3.8) is 0 Å². The minimum atomic E-state index is -0.810. The van der Waals surface area contributed by atoms with Crippen molar-refractivity contribution >= 4 is 11.8 Å². The van der Waals surface area contributed by atoms with Crippen molar-refractivity contribution in [2.75, 3.05) is 6.54 Å². The lowest BCUT2D eigenvalue weighted by molar-refractivity contribution is -0.124. The van der Waals surface area contributed by atoms with Gasteiger partial charge >= 0.3 is 0 Å². The molecule has 23 heavy (non-hydrogen) atoms. The molecule has 1 fully saturated rings.